The van der Waals surface area contributed by atoms with Crippen LogP contribution in [0.3, 0.4) is 0 Å². The van der Waals surface area contributed by atoms with Gasteiger partial charge in [0.1, 0.15) is 5.75 Å². The zero-order valence-electron chi connectivity index (χ0n) is 13.2. The molecule has 1 N–H and O–H groups in total. The summed E-state index contributed by atoms with van der Waals surface area (Å²) in [7, 11) is 0. The molecule has 0 aliphatic rings. The van der Waals surface area contributed by atoms with Gasteiger partial charge in [-0.25, -0.2) is 5.43 Å². The standard InChI is InChI=1S/C17H14Cl4N2O2/c1-2-15(10-3-5-11(18)6-4-10)22-23-17(24)9-25-16-8-13(20)12(19)7-14(16)21/h3-8H,2,9H2,1H3,(H,23,24). The first kappa shape index (κ1) is 19.9. The number of amides is 1. The van der Waals surface area contributed by atoms with Crippen LogP contribution in [0.15, 0.2) is 41.5 Å². The van der Waals surface area contributed by atoms with Gasteiger partial charge >= 0.3 is 0 Å². The van der Waals surface area contributed by atoms with Crippen LogP contribution >= 0.6 is 46.4 Å². The average Bonchev–Trinajstić information content (AvgIpc) is 2.59. The van der Waals surface area contributed by atoms with Gasteiger partial charge < -0.3 is 4.74 Å². The molecular weight excluding hydrogens is 406 g/mol. The number of benzene rings is 2. The molecule has 0 aromatic heterocycles. The molecule has 0 radical (unpaired) electrons. The van der Waals surface area contributed by atoms with Crippen LogP contribution in [0.4, 0.5) is 0 Å². The van der Waals surface area contributed by atoms with Gasteiger partial charge in [-0.05, 0) is 30.2 Å². The van der Waals surface area contributed by atoms with E-state index in [4.69, 9.17) is 51.1 Å². The first-order valence-electron chi connectivity index (χ1n) is 7.29. The second-order valence-corrected chi connectivity index (χ2v) is 6.60. The van der Waals surface area contributed by atoms with Gasteiger partial charge in [0.2, 0.25) is 0 Å². The van der Waals surface area contributed by atoms with E-state index in [-0.39, 0.29) is 22.4 Å². The summed E-state index contributed by atoms with van der Waals surface area (Å²) in [5, 5.41) is 5.62. The second kappa shape index (κ2) is 9.30. The maximum absolute atomic E-state index is 11.9. The highest BCUT2D eigenvalue weighted by molar-refractivity contribution is 6.43. The Morgan fingerprint density at radius 2 is 1.68 bits per heavy atom. The van der Waals surface area contributed by atoms with E-state index in [1.807, 2.05) is 19.1 Å². The molecule has 0 saturated carbocycles. The molecule has 2 rings (SSSR count). The zero-order chi connectivity index (χ0) is 18.4. The molecule has 0 heterocycles. The van der Waals surface area contributed by atoms with Crippen LogP contribution in [-0.4, -0.2) is 18.2 Å². The summed E-state index contributed by atoms with van der Waals surface area (Å²) >= 11 is 23.6. The fourth-order valence-corrected chi connectivity index (χ4v) is 2.63. The van der Waals surface area contributed by atoms with Gasteiger partial charge in [0.25, 0.3) is 5.91 Å². The van der Waals surface area contributed by atoms with Crippen molar-refractivity contribution in [2.45, 2.75) is 13.3 Å². The van der Waals surface area contributed by atoms with Crippen LogP contribution in [0.1, 0.15) is 18.9 Å². The number of carbonyl (C=O) groups is 1. The first-order chi connectivity index (χ1) is 11.9. The fourth-order valence-electron chi connectivity index (χ4n) is 1.91. The maximum atomic E-state index is 11.9. The lowest BCUT2D eigenvalue weighted by Gasteiger charge is -2.09. The van der Waals surface area contributed by atoms with Crippen molar-refractivity contribution >= 4 is 58.0 Å². The quantitative estimate of drug-likeness (QED) is 0.375. The molecule has 0 fully saturated rings. The van der Waals surface area contributed by atoms with Gasteiger partial charge in [0.05, 0.1) is 20.8 Å². The second-order valence-electron chi connectivity index (χ2n) is 4.94. The van der Waals surface area contributed by atoms with Crippen molar-refractivity contribution in [2.24, 2.45) is 5.10 Å². The normalized spacial score (nSPS) is 11.3. The molecule has 132 valence electrons. The van der Waals surface area contributed by atoms with Crippen molar-refractivity contribution in [1.29, 1.82) is 0 Å². The molecule has 0 aliphatic heterocycles. The van der Waals surface area contributed by atoms with Gasteiger partial charge in [0, 0.05) is 11.1 Å². The molecule has 2 aromatic rings. The van der Waals surface area contributed by atoms with E-state index >= 15 is 0 Å². The summed E-state index contributed by atoms with van der Waals surface area (Å²) in [5.74, 6) is -0.161. The number of nitrogens with one attached hydrogen (secondary N) is 1. The van der Waals surface area contributed by atoms with Crippen molar-refractivity contribution in [3.05, 3.63) is 62.1 Å². The third-order valence-electron chi connectivity index (χ3n) is 3.16. The van der Waals surface area contributed by atoms with Gasteiger partial charge in [-0.3, -0.25) is 4.79 Å². The van der Waals surface area contributed by atoms with Crippen molar-refractivity contribution in [2.75, 3.05) is 6.61 Å². The Balaban J connectivity index is 1.97. The van der Waals surface area contributed by atoms with E-state index < -0.39 is 5.91 Å². The largest absolute Gasteiger partial charge is 0.482 e. The first-order valence-corrected chi connectivity index (χ1v) is 8.80. The summed E-state index contributed by atoms with van der Waals surface area (Å²) in [5.41, 5.74) is 4.05. The van der Waals surface area contributed by atoms with E-state index in [0.29, 0.717) is 16.5 Å². The summed E-state index contributed by atoms with van der Waals surface area (Å²) < 4.78 is 5.35. The number of ether oxygens (including phenoxy) is 1. The number of nitrogens with zero attached hydrogens (tertiary/aromatic N) is 1. The topological polar surface area (TPSA) is 50.7 Å². The summed E-state index contributed by atoms with van der Waals surface area (Å²) in [4.78, 5) is 11.9. The van der Waals surface area contributed by atoms with Crippen LogP contribution in [0.2, 0.25) is 20.1 Å². The average molecular weight is 420 g/mol. The van der Waals surface area contributed by atoms with Crippen LogP contribution in [0.5, 0.6) is 5.75 Å². The molecule has 0 saturated heterocycles. The van der Waals surface area contributed by atoms with Crippen LogP contribution < -0.4 is 10.2 Å². The van der Waals surface area contributed by atoms with Crippen molar-refractivity contribution < 1.29 is 9.53 Å². The highest BCUT2D eigenvalue weighted by Crippen LogP contribution is 2.33. The Morgan fingerprint density at radius 3 is 2.32 bits per heavy atom. The molecule has 0 bridgehead atoms. The molecule has 0 spiro atoms. The number of hydrazone groups is 1. The Labute approximate surface area is 165 Å². The minimum atomic E-state index is -0.429. The molecule has 8 heteroatoms. The predicted octanol–water partition coefficient (Wildman–Crippen LogP) is 5.61. The van der Waals surface area contributed by atoms with Crippen LogP contribution in [0.25, 0.3) is 0 Å². The lowest BCUT2D eigenvalue weighted by atomic mass is 10.1. The summed E-state index contributed by atoms with van der Waals surface area (Å²) in [6.07, 6.45) is 0.640. The van der Waals surface area contributed by atoms with Gasteiger partial charge in [-0.1, -0.05) is 65.5 Å². The molecule has 0 atom stereocenters. The Kier molecular flexibility index (Phi) is 7.38. The molecule has 2 aromatic carbocycles. The Bertz CT molecular complexity index is 792. The highest BCUT2D eigenvalue weighted by atomic mass is 35.5. The van der Waals surface area contributed by atoms with E-state index in [1.54, 1.807) is 12.1 Å². The predicted molar refractivity (Wildman–Crippen MR) is 103 cm³/mol. The third kappa shape index (κ3) is 5.79. The minimum Gasteiger partial charge on any atom is -0.482 e. The maximum Gasteiger partial charge on any atom is 0.277 e. The SMILES string of the molecule is CCC(=NNC(=O)COc1cc(Cl)c(Cl)cc1Cl)c1ccc(Cl)cc1. The number of carbonyl (C=O) groups excluding carboxylic acids is 1. The smallest absolute Gasteiger partial charge is 0.277 e. The van der Waals surface area contributed by atoms with Crippen molar-refractivity contribution in [1.82, 2.24) is 5.43 Å². The van der Waals surface area contributed by atoms with E-state index in [9.17, 15) is 4.79 Å². The van der Waals surface area contributed by atoms with E-state index in [0.717, 1.165) is 11.3 Å². The Hall–Kier alpha value is -1.46. The molecular formula is C17H14Cl4N2O2. The lowest BCUT2D eigenvalue weighted by molar-refractivity contribution is -0.123. The molecule has 25 heavy (non-hydrogen) atoms. The summed E-state index contributed by atoms with van der Waals surface area (Å²) in [6, 6.07) is 10.1. The van der Waals surface area contributed by atoms with Gasteiger partial charge in [0.15, 0.2) is 6.61 Å². The Morgan fingerprint density at radius 1 is 1.04 bits per heavy atom. The highest BCUT2D eigenvalue weighted by Gasteiger charge is 2.10. The van der Waals surface area contributed by atoms with E-state index in [1.165, 1.54) is 12.1 Å². The number of halogens is 4. The van der Waals surface area contributed by atoms with E-state index in [2.05, 4.69) is 10.5 Å². The number of rotatable bonds is 6. The zero-order valence-corrected chi connectivity index (χ0v) is 16.2. The summed E-state index contributed by atoms with van der Waals surface area (Å²) in [6.45, 7) is 1.67. The van der Waals surface area contributed by atoms with Crippen LogP contribution in [-0.2, 0) is 4.79 Å². The van der Waals surface area contributed by atoms with Gasteiger partial charge in [-0.15, -0.1) is 0 Å². The lowest BCUT2D eigenvalue weighted by Crippen LogP contribution is -2.26. The molecule has 4 nitrogen and oxygen atoms in total. The molecule has 0 unspecified atom stereocenters. The monoisotopic (exact) mass is 418 g/mol. The fraction of sp³-hybridized carbons (Fsp3) is 0.176. The van der Waals surface area contributed by atoms with Crippen LogP contribution in [0, 0.1) is 0 Å². The molecule has 0 aliphatic carbocycles. The van der Waals surface area contributed by atoms with Gasteiger partial charge in [-0.2, -0.15) is 5.10 Å². The minimum absolute atomic E-state index is 0.265. The third-order valence-corrected chi connectivity index (χ3v) is 4.43. The number of hydrogen-bond acceptors (Lipinski definition) is 3. The number of hydrogen-bond donors (Lipinski definition) is 1. The van der Waals surface area contributed by atoms with Crippen molar-refractivity contribution in [3.63, 3.8) is 0 Å². The molecule has 1 amide bonds. The van der Waals surface area contributed by atoms with Crippen molar-refractivity contribution in [3.8, 4) is 5.75 Å².